The second-order valence-electron chi connectivity index (χ2n) is 5.09. The van der Waals surface area contributed by atoms with E-state index in [1.165, 1.54) is 4.88 Å². The highest BCUT2D eigenvalue weighted by molar-refractivity contribution is 7.85. The first kappa shape index (κ1) is 14.7. The van der Waals surface area contributed by atoms with E-state index in [9.17, 15) is 4.21 Å². The molecule has 8 heteroatoms. The van der Waals surface area contributed by atoms with E-state index in [2.05, 4.69) is 33.7 Å². The lowest BCUT2D eigenvalue weighted by molar-refractivity contribution is 0.623. The molecule has 4 N–H and O–H groups in total. The third-order valence-corrected chi connectivity index (χ3v) is 6.21. The van der Waals surface area contributed by atoms with Gasteiger partial charge in [0, 0.05) is 33.2 Å². The highest BCUT2D eigenvalue weighted by atomic mass is 32.2. The van der Waals surface area contributed by atoms with Crippen LogP contribution in [0, 0.1) is 0 Å². The Hall–Kier alpha value is -1.25. The molecule has 0 atom stereocenters. The van der Waals surface area contributed by atoms with Gasteiger partial charge in [-0.15, -0.1) is 11.3 Å². The zero-order chi connectivity index (χ0) is 14.8. The maximum atomic E-state index is 11.4. The van der Waals surface area contributed by atoms with Gasteiger partial charge >= 0.3 is 0 Å². The fraction of sp³-hybridized carbons (Fsp3) is 0.538. The van der Waals surface area contributed by atoms with E-state index in [0.717, 1.165) is 46.8 Å². The van der Waals surface area contributed by atoms with Crippen molar-refractivity contribution >= 4 is 44.1 Å². The smallest absolute Gasteiger partial charge is 0.240 e. The van der Waals surface area contributed by atoms with Crippen molar-refractivity contribution in [2.75, 3.05) is 22.2 Å². The lowest BCUT2D eigenvalue weighted by Gasteiger charge is -2.23. The van der Waals surface area contributed by atoms with Crippen LogP contribution in [0.4, 0.5) is 11.8 Å². The molecular formula is C13H19N5OS2. The van der Waals surface area contributed by atoms with Crippen molar-refractivity contribution in [3.05, 3.63) is 10.9 Å². The number of aryl methyl sites for hydroxylation is 1. The quantitative estimate of drug-likeness (QED) is 0.587. The number of hydrogen-bond donors (Lipinski definition) is 3. The van der Waals surface area contributed by atoms with Gasteiger partial charge in [0.15, 0.2) is 0 Å². The van der Waals surface area contributed by atoms with E-state index in [4.69, 9.17) is 5.84 Å². The lowest BCUT2D eigenvalue weighted by Crippen LogP contribution is -2.30. The Labute approximate surface area is 130 Å². The number of hydrazine groups is 1. The van der Waals surface area contributed by atoms with Crippen molar-refractivity contribution in [3.8, 4) is 0 Å². The van der Waals surface area contributed by atoms with Crippen LogP contribution in [0.15, 0.2) is 6.07 Å². The summed E-state index contributed by atoms with van der Waals surface area (Å²) in [6, 6.07) is 2.46. The first-order valence-corrected chi connectivity index (χ1v) is 9.38. The molecule has 0 bridgehead atoms. The summed E-state index contributed by atoms with van der Waals surface area (Å²) in [5.74, 6) is 8.23. The van der Waals surface area contributed by atoms with Crippen LogP contribution < -0.4 is 16.6 Å². The van der Waals surface area contributed by atoms with Crippen LogP contribution in [0.3, 0.4) is 0 Å². The van der Waals surface area contributed by atoms with Crippen molar-refractivity contribution in [1.82, 2.24) is 9.97 Å². The lowest BCUT2D eigenvalue weighted by atomic mass is 10.1. The number of nitrogens with one attached hydrogen (secondary N) is 2. The summed E-state index contributed by atoms with van der Waals surface area (Å²) in [4.78, 5) is 11.1. The molecule has 0 saturated carbocycles. The number of hydrogen-bond acceptors (Lipinski definition) is 7. The van der Waals surface area contributed by atoms with Crippen molar-refractivity contribution in [1.29, 1.82) is 0 Å². The summed E-state index contributed by atoms with van der Waals surface area (Å²) in [6.07, 6.45) is 2.80. The van der Waals surface area contributed by atoms with Gasteiger partial charge in [0.1, 0.15) is 10.6 Å². The van der Waals surface area contributed by atoms with Crippen molar-refractivity contribution in [3.63, 3.8) is 0 Å². The van der Waals surface area contributed by atoms with E-state index in [-0.39, 0.29) is 0 Å². The van der Waals surface area contributed by atoms with Gasteiger partial charge in [-0.05, 0) is 25.3 Å². The predicted molar refractivity (Wildman–Crippen MR) is 89.1 cm³/mol. The highest BCUT2D eigenvalue weighted by Crippen LogP contribution is 2.31. The van der Waals surface area contributed by atoms with Gasteiger partial charge in [0.05, 0.1) is 5.39 Å². The van der Waals surface area contributed by atoms with Gasteiger partial charge in [-0.3, -0.25) is 9.63 Å². The number of nitrogens with zero attached hydrogens (tertiary/aromatic N) is 2. The molecule has 21 heavy (non-hydrogen) atoms. The largest absolute Gasteiger partial charge is 0.367 e. The standard InChI is InChI=1S/C13H19N5OS2/c1-2-9-7-10-11(15-8-3-5-21(19)6-4-8)16-13(18-14)17-12(10)20-9/h7-8H,2-6,14H2,1H3,(H2,15,16,17,18). The molecule has 1 fully saturated rings. The fourth-order valence-corrected chi connectivity index (χ4v) is 4.72. The topological polar surface area (TPSA) is 92.9 Å². The van der Waals surface area contributed by atoms with Gasteiger partial charge < -0.3 is 5.32 Å². The molecule has 114 valence electrons. The SMILES string of the molecule is CCc1cc2c(NC3CCS(=O)CC3)nc(NN)nc2s1. The summed E-state index contributed by atoms with van der Waals surface area (Å²) in [5.41, 5.74) is 2.53. The summed E-state index contributed by atoms with van der Waals surface area (Å²) >= 11 is 1.67. The summed E-state index contributed by atoms with van der Waals surface area (Å²) in [7, 11) is -0.652. The van der Waals surface area contributed by atoms with Gasteiger partial charge in [-0.2, -0.15) is 4.98 Å². The molecule has 0 unspecified atom stereocenters. The average molecular weight is 325 g/mol. The van der Waals surface area contributed by atoms with Gasteiger partial charge in [-0.25, -0.2) is 10.8 Å². The Kier molecular flexibility index (Phi) is 4.37. The monoisotopic (exact) mass is 325 g/mol. The average Bonchev–Trinajstić information content (AvgIpc) is 2.92. The molecule has 2 aromatic heterocycles. The number of aromatic nitrogens is 2. The van der Waals surface area contributed by atoms with E-state index in [1.54, 1.807) is 11.3 Å². The number of nitrogens with two attached hydrogens (primary N) is 1. The van der Waals surface area contributed by atoms with E-state index >= 15 is 0 Å². The number of thiophene rings is 1. The van der Waals surface area contributed by atoms with Crippen LogP contribution in [0.5, 0.6) is 0 Å². The molecule has 2 aromatic rings. The molecule has 0 aliphatic carbocycles. The minimum Gasteiger partial charge on any atom is -0.367 e. The number of anilines is 2. The summed E-state index contributed by atoms with van der Waals surface area (Å²) in [5, 5.41) is 4.53. The Morgan fingerprint density at radius 2 is 2.19 bits per heavy atom. The maximum absolute atomic E-state index is 11.4. The summed E-state index contributed by atoms with van der Waals surface area (Å²) < 4.78 is 11.4. The molecule has 0 spiro atoms. The van der Waals surface area contributed by atoms with Crippen LogP contribution in [0.2, 0.25) is 0 Å². The van der Waals surface area contributed by atoms with Crippen molar-refractivity contribution in [2.24, 2.45) is 5.84 Å². The van der Waals surface area contributed by atoms with E-state index in [0.29, 0.717) is 12.0 Å². The highest BCUT2D eigenvalue weighted by Gasteiger charge is 2.20. The van der Waals surface area contributed by atoms with Crippen LogP contribution in [-0.4, -0.2) is 31.7 Å². The maximum Gasteiger partial charge on any atom is 0.240 e. The Morgan fingerprint density at radius 3 is 2.86 bits per heavy atom. The van der Waals surface area contributed by atoms with Crippen molar-refractivity contribution < 1.29 is 4.21 Å². The molecule has 1 saturated heterocycles. The fourth-order valence-electron chi connectivity index (χ4n) is 2.45. The minimum absolute atomic E-state index is 0.316. The van der Waals surface area contributed by atoms with E-state index in [1.807, 2.05) is 0 Å². The second kappa shape index (κ2) is 6.25. The Bertz CT molecular complexity index is 662. The normalized spacial score (nSPS) is 22.4. The molecule has 3 rings (SSSR count). The van der Waals surface area contributed by atoms with Crippen LogP contribution >= 0.6 is 11.3 Å². The zero-order valence-corrected chi connectivity index (χ0v) is 13.5. The number of rotatable bonds is 4. The Morgan fingerprint density at radius 1 is 1.43 bits per heavy atom. The molecule has 3 heterocycles. The number of fused-ring (bicyclic) bond motifs is 1. The van der Waals surface area contributed by atoms with Crippen molar-refractivity contribution in [2.45, 2.75) is 32.2 Å². The second-order valence-corrected chi connectivity index (χ2v) is 7.90. The molecule has 0 aromatic carbocycles. The van der Waals surface area contributed by atoms with Gasteiger partial charge in [-0.1, -0.05) is 6.92 Å². The minimum atomic E-state index is -0.652. The van der Waals surface area contributed by atoms with Crippen LogP contribution in [0.25, 0.3) is 10.2 Å². The third-order valence-electron chi connectivity index (χ3n) is 3.65. The Balaban J connectivity index is 1.92. The van der Waals surface area contributed by atoms with E-state index < -0.39 is 10.8 Å². The molecule has 1 aliphatic rings. The predicted octanol–water partition coefficient (Wildman–Crippen LogP) is 1.86. The first-order valence-electron chi connectivity index (χ1n) is 7.08. The van der Waals surface area contributed by atoms with Gasteiger partial charge in [0.2, 0.25) is 5.95 Å². The molecule has 6 nitrogen and oxygen atoms in total. The third kappa shape index (κ3) is 3.17. The van der Waals surface area contributed by atoms with Crippen LogP contribution in [-0.2, 0) is 17.2 Å². The van der Waals surface area contributed by atoms with Gasteiger partial charge in [0.25, 0.3) is 0 Å². The molecular weight excluding hydrogens is 306 g/mol. The molecule has 0 amide bonds. The zero-order valence-electron chi connectivity index (χ0n) is 11.9. The van der Waals surface area contributed by atoms with Crippen LogP contribution in [0.1, 0.15) is 24.6 Å². The molecule has 1 aliphatic heterocycles. The first-order chi connectivity index (χ1) is 10.2. The number of nitrogen functional groups attached to an aromatic ring is 1. The summed E-state index contributed by atoms with van der Waals surface area (Å²) in [6.45, 7) is 2.13. The molecule has 0 radical (unpaired) electrons.